The first-order valence-corrected chi connectivity index (χ1v) is 2.83. The van der Waals surface area contributed by atoms with Crippen LogP contribution in [0.3, 0.4) is 0 Å². The van der Waals surface area contributed by atoms with E-state index in [1.807, 2.05) is 6.92 Å². The molecule has 2 N–H and O–H groups in total. The lowest BCUT2D eigenvalue weighted by atomic mass is 10.3. The highest BCUT2D eigenvalue weighted by molar-refractivity contribution is 5.54. The number of aliphatic imine (C=N–C) groups is 1. The van der Waals surface area contributed by atoms with Gasteiger partial charge in [0.1, 0.15) is 0 Å². The van der Waals surface area contributed by atoms with Gasteiger partial charge in [-0.25, -0.2) is 0 Å². The van der Waals surface area contributed by atoms with Gasteiger partial charge in [0.25, 0.3) is 0 Å². The zero-order chi connectivity index (χ0) is 7.11. The second-order valence-electron chi connectivity index (χ2n) is 1.59. The van der Waals surface area contributed by atoms with Crippen molar-refractivity contribution in [2.75, 3.05) is 6.54 Å². The predicted octanol–water partition coefficient (Wildman–Crippen LogP) is 1.11. The minimum atomic E-state index is 0.496. The van der Waals surface area contributed by atoms with Gasteiger partial charge in [-0.05, 0) is 18.6 Å². The lowest BCUT2D eigenvalue weighted by Crippen LogP contribution is -1.98. The number of hydrogen-bond acceptors (Lipinski definition) is 2. The van der Waals surface area contributed by atoms with E-state index < -0.39 is 0 Å². The van der Waals surface area contributed by atoms with E-state index in [-0.39, 0.29) is 0 Å². The predicted molar refractivity (Wildman–Crippen MR) is 41.5 cm³/mol. The standard InChI is InChI=1S/C7H12N2/c1-3-9-5-4-7(2)6-8/h3-5H,2,6,8H2,1H3/b5-4-,9-3?. The molecule has 0 aromatic carbocycles. The molecule has 0 heterocycles. The Morgan fingerprint density at radius 2 is 2.44 bits per heavy atom. The first-order valence-electron chi connectivity index (χ1n) is 2.83. The first kappa shape index (κ1) is 8.11. The second-order valence-corrected chi connectivity index (χ2v) is 1.59. The Labute approximate surface area is 55.8 Å². The molecule has 0 bridgehead atoms. The highest BCUT2D eigenvalue weighted by Crippen LogP contribution is 1.87. The van der Waals surface area contributed by atoms with Gasteiger partial charge >= 0.3 is 0 Å². The van der Waals surface area contributed by atoms with E-state index in [0.717, 1.165) is 5.57 Å². The van der Waals surface area contributed by atoms with E-state index in [1.165, 1.54) is 0 Å². The molecule has 0 spiro atoms. The molecule has 0 rings (SSSR count). The molecule has 0 aliphatic carbocycles. The monoisotopic (exact) mass is 124 g/mol. The van der Waals surface area contributed by atoms with E-state index in [0.29, 0.717) is 6.54 Å². The van der Waals surface area contributed by atoms with Gasteiger partial charge in [0, 0.05) is 19.0 Å². The van der Waals surface area contributed by atoms with Gasteiger partial charge in [0.15, 0.2) is 0 Å². The Hall–Kier alpha value is -0.890. The van der Waals surface area contributed by atoms with Crippen molar-refractivity contribution in [3.8, 4) is 0 Å². The Bertz CT molecular complexity index is 134. The van der Waals surface area contributed by atoms with Crippen LogP contribution in [0, 0.1) is 0 Å². The normalized spacial score (nSPS) is 11.3. The Morgan fingerprint density at radius 1 is 1.78 bits per heavy atom. The van der Waals surface area contributed by atoms with E-state index in [9.17, 15) is 0 Å². The third-order valence-corrected chi connectivity index (χ3v) is 0.808. The van der Waals surface area contributed by atoms with Gasteiger partial charge in [-0.3, -0.25) is 4.99 Å². The summed E-state index contributed by atoms with van der Waals surface area (Å²) in [5, 5.41) is 0. The highest BCUT2D eigenvalue weighted by Gasteiger charge is 1.76. The molecule has 0 saturated heterocycles. The van der Waals surface area contributed by atoms with E-state index in [1.54, 1.807) is 18.5 Å². The number of hydrogen-bond donors (Lipinski definition) is 1. The molecule has 0 saturated carbocycles. The van der Waals surface area contributed by atoms with Gasteiger partial charge in [-0.15, -0.1) is 0 Å². The summed E-state index contributed by atoms with van der Waals surface area (Å²) in [6, 6.07) is 0. The van der Waals surface area contributed by atoms with Crippen LogP contribution in [0.1, 0.15) is 6.92 Å². The topological polar surface area (TPSA) is 38.4 Å². The molecule has 9 heavy (non-hydrogen) atoms. The van der Waals surface area contributed by atoms with Gasteiger partial charge in [-0.1, -0.05) is 6.58 Å². The lowest BCUT2D eigenvalue weighted by Gasteiger charge is -1.87. The summed E-state index contributed by atoms with van der Waals surface area (Å²) >= 11 is 0. The van der Waals surface area contributed by atoms with Gasteiger partial charge < -0.3 is 5.73 Å². The van der Waals surface area contributed by atoms with Crippen molar-refractivity contribution in [2.45, 2.75) is 6.92 Å². The van der Waals surface area contributed by atoms with Crippen molar-refractivity contribution in [3.05, 3.63) is 24.4 Å². The average Bonchev–Trinajstić information content (AvgIpc) is 1.89. The Balaban J connectivity index is 3.57. The van der Waals surface area contributed by atoms with Gasteiger partial charge in [0.05, 0.1) is 0 Å². The summed E-state index contributed by atoms with van der Waals surface area (Å²) in [7, 11) is 0. The van der Waals surface area contributed by atoms with Gasteiger partial charge in [-0.2, -0.15) is 0 Å². The smallest absolute Gasteiger partial charge is 0.0266 e. The fourth-order valence-corrected chi connectivity index (χ4v) is 0.303. The van der Waals surface area contributed by atoms with Gasteiger partial charge in [0.2, 0.25) is 0 Å². The van der Waals surface area contributed by atoms with Crippen molar-refractivity contribution in [2.24, 2.45) is 10.7 Å². The molecular weight excluding hydrogens is 112 g/mol. The largest absolute Gasteiger partial charge is 0.327 e. The van der Waals surface area contributed by atoms with E-state index in [4.69, 9.17) is 5.73 Å². The maximum Gasteiger partial charge on any atom is 0.0266 e. The van der Waals surface area contributed by atoms with Crippen LogP contribution < -0.4 is 5.73 Å². The van der Waals surface area contributed by atoms with Crippen LogP contribution in [0.15, 0.2) is 29.4 Å². The molecule has 0 fully saturated rings. The molecular formula is C7H12N2. The Kier molecular flexibility index (Phi) is 4.73. The SMILES string of the molecule is C=C(/C=C\N=CC)CN. The zero-order valence-corrected chi connectivity index (χ0v) is 5.67. The van der Waals surface area contributed by atoms with Crippen molar-refractivity contribution >= 4 is 6.21 Å². The molecule has 0 aliphatic rings. The van der Waals surface area contributed by atoms with Crippen molar-refractivity contribution in [3.63, 3.8) is 0 Å². The van der Waals surface area contributed by atoms with Crippen LogP contribution in [-0.4, -0.2) is 12.8 Å². The lowest BCUT2D eigenvalue weighted by molar-refractivity contribution is 1.19. The molecule has 0 amide bonds. The highest BCUT2D eigenvalue weighted by atomic mass is 14.6. The Morgan fingerprint density at radius 3 is 2.89 bits per heavy atom. The molecule has 0 aromatic rings. The quantitative estimate of drug-likeness (QED) is 0.444. The minimum absolute atomic E-state index is 0.496. The molecule has 0 aromatic heterocycles. The molecule has 0 unspecified atom stereocenters. The van der Waals surface area contributed by atoms with Crippen LogP contribution in [0.4, 0.5) is 0 Å². The van der Waals surface area contributed by atoms with E-state index in [2.05, 4.69) is 11.6 Å². The number of nitrogens with two attached hydrogens (primary N) is 1. The summed E-state index contributed by atoms with van der Waals surface area (Å²) in [6.45, 7) is 6.01. The zero-order valence-electron chi connectivity index (χ0n) is 5.67. The first-order chi connectivity index (χ1) is 4.31. The maximum atomic E-state index is 5.25. The second kappa shape index (κ2) is 5.25. The van der Waals surface area contributed by atoms with Crippen molar-refractivity contribution in [1.82, 2.24) is 0 Å². The fourth-order valence-electron chi connectivity index (χ4n) is 0.303. The molecule has 2 heteroatoms. The third-order valence-electron chi connectivity index (χ3n) is 0.808. The van der Waals surface area contributed by atoms with Crippen LogP contribution in [0.5, 0.6) is 0 Å². The molecule has 50 valence electrons. The number of nitrogens with zero attached hydrogens (tertiary/aromatic N) is 1. The molecule has 2 nitrogen and oxygen atoms in total. The third kappa shape index (κ3) is 4.97. The fraction of sp³-hybridized carbons (Fsp3) is 0.286. The van der Waals surface area contributed by atoms with Crippen LogP contribution in [0.2, 0.25) is 0 Å². The molecule has 0 atom stereocenters. The van der Waals surface area contributed by atoms with Crippen LogP contribution >= 0.6 is 0 Å². The van der Waals surface area contributed by atoms with Crippen molar-refractivity contribution in [1.29, 1.82) is 0 Å². The summed E-state index contributed by atoms with van der Waals surface area (Å²) in [4.78, 5) is 3.84. The van der Waals surface area contributed by atoms with Crippen LogP contribution in [-0.2, 0) is 0 Å². The summed E-state index contributed by atoms with van der Waals surface area (Å²) in [5.41, 5.74) is 6.14. The summed E-state index contributed by atoms with van der Waals surface area (Å²) in [5.74, 6) is 0. The average molecular weight is 124 g/mol. The summed E-state index contributed by atoms with van der Waals surface area (Å²) < 4.78 is 0. The molecule has 0 aliphatic heterocycles. The minimum Gasteiger partial charge on any atom is -0.327 e. The van der Waals surface area contributed by atoms with Crippen molar-refractivity contribution < 1.29 is 0 Å². The molecule has 0 radical (unpaired) electrons. The van der Waals surface area contributed by atoms with E-state index >= 15 is 0 Å². The number of rotatable bonds is 3. The van der Waals surface area contributed by atoms with Crippen LogP contribution in [0.25, 0.3) is 0 Å². The summed E-state index contributed by atoms with van der Waals surface area (Å²) in [6.07, 6.45) is 5.18. The maximum absolute atomic E-state index is 5.25.